The van der Waals surface area contributed by atoms with Crippen molar-refractivity contribution in [3.8, 4) is 11.5 Å². The molecule has 26 heavy (non-hydrogen) atoms. The maximum atomic E-state index is 12.9. The predicted octanol–water partition coefficient (Wildman–Crippen LogP) is 4.57. The second-order valence-electron chi connectivity index (χ2n) is 7.50. The molecule has 2 aromatic carbocycles. The summed E-state index contributed by atoms with van der Waals surface area (Å²) in [5.74, 6) is 1.46. The third kappa shape index (κ3) is 4.18. The molecule has 2 atom stereocenters. The summed E-state index contributed by atoms with van der Waals surface area (Å²) >= 11 is 0. The number of para-hydroxylation sites is 1. The standard InChI is InChI=1S/C22H27NO3/c1-5-19(25-16-9-7-6-8-10-16)21(24)23-18-14-22(3,4)26-20-12-11-15(2)13-17(18)20/h6-13,18-19H,5,14H2,1-4H3,(H,23,24)/t18-,19-/m1/s1. The fourth-order valence-electron chi connectivity index (χ4n) is 3.35. The lowest BCUT2D eigenvalue weighted by molar-refractivity contribution is -0.129. The largest absolute Gasteiger partial charge is 0.487 e. The van der Waals surface area contributed by atoms with Crippen molar-refractivity contribution >= 4 is 5.91 Å². The van der Waals surface area contributed by atoms with E-state index >= 15 is 0 Å². The van der Waals surface area contributed by atoms with Crippen LogP contribution in [0.15, 0.2) is 48.5 Å². The number of carbonyl (C=O) groups excluding carboxylic acids is 1. The third-order valence-corrected chi connectivity index (χ3v) is 4.62. The molecule has 0 aromatic heterocycles. The fraction of sp³-hybridized carbons (Fsp3) is 0.409. The van der Waals surface area contributed by atoms with Gasteiger partial charge < -0.3 is 14.8 Å². The summed E-state index contributed by atoms with van der Waals surface area (Å²) in [6.45, 7) is 8.10. The Morgan fingerprint density at radius 2 is 2.00 bits per heavy atom. The Hall–Kier alpha value is -2.49. The topological polar surface area (TPSA) is 47.6 Å². The van der Waals surface area contributed by atoms with Crippen molar-refractivity contribution in [1.82, 2.24) is 5.32 Å². The third-order valence-electron chi connectivity index (χ3n) is 4.62. The molecule has 0 spiro atoms. The molecule has 0 fully saturated rings. The highest BCUT2D eigenvalue weighted by atomic mass is 16.5. The maximum absolute atomic E-state index is 12.9. The van der Waals surface area contributed by atoms with Crippen LogP contribution >= 0.6 is 0 Å². The molecule has 4 nitrogen and oxygen atoms in total. The molecule has 0 saturated heterocycles. The number of nitrogens with one attached hydrogen (secondary N) is 1. The molecule has 0 aliphatic carbocycles. The van der Waals surface area contributed by atoms with Crippen LogP contribution in [0.3, 0.4) is 0 Å². The van der Waals surface area contributed by atoms with Gasteiger partial charge in [0.25, 0.3) is 5.91 Å². The van der Waals surface area contributed by atoms with E-state index in [2.05, 4.69) is 11.4 Å². The van der Waals surface area contributed by atoms with Crippen LogP contribution in [-0.2, 0) is 4.79 Å². The number of carbonyl (C=O) groups is 1. The van der Waals surface area contributed by atoms with E-state index in [0.29, 0.717) is 12.2 Å². The Morgan fingerprint density at radius 3 is 2.69 bits per heavy atom. The molecule has 0 unspecified atom stereocenters. The Kier molecular flexibility index (Phi) is 5.21. The zero-order valence-electron chi connectivity index (χ0n) is 15.9. The van der Waals surface area contributed by atoms with E-state index in [1.54, 1.807) is 0 Å². The van der Waals surface area contributed by atoms with Gasteiger partial charge in [0.2, 0.25) is 0 Å². The second kappa shape index (κ2) is 7.40. The summed E-state index contributed by atoms with van der Waals surface area (Å²) in [5.41, 5.74) is 1.86. The van der Waals surface area contributed by atoms with Crippen LogP contribution in [0.25, 0.3) is 0 Å². The van der Waals surface area contributed by atoms with E-state index in [4.69, 9.17) is 9.47 Å². The Labute approximate surface area is 155 Å². The summed E-state index contributed by atoms with van der Waals surface area (Å²) in [6, 6.07) is 15.5. The van der Waals surface area contributed by atoms with Gasteiger partial charge in [0.15, 0.2) is 6.10 Å². The zero-order chi connectivity index (χ0) is 18.7. The molecule has 1 aliphatic rings. The molecule has 1 N–H and O–H groups in total. The highest BCUT2D eigenvalue weighted by Gasteiger charge is 2.35. The van der Waals surface area contributed by atoms with Gasteiger partial charge in [-0.3, -0.25) is 4.79 Å². The van der Waals surface area contributed by atoms with Crippen molar-refractivity contribution in [2.75, 3.05) is 0 Å². The molecule has 1 amide bonds. The Morgan fingerprint density at radius 1 is 1.27 bits per heavy atom. The molecule has 0 bridgehead atoms. The lowest BCUT2D eigenvalue weighted by atomic mass is 9.88. The van der Waals surface area contributed by atoms with E-state index in [9.17, 15) is 4.79 Å². The predicted molar refractivity (Wildman–Crippen MR) is 103 cm³/mol. The quantitative estimate of drug-likeness (QED) is 0.856. The van der Waals surface area contributed by atoms with Gasteiger partial charge in [0.05, 0.1) is 6.04 Å². The normalized spacial score (nSPS) is 19.0. The van der Waals surface area contributed by atoms with Crippen LogP contribution in [0, 0.1) is 6.92 Å². The van der Waals surface area contributed by atoms with Crippen LogP contribution in [0.1, 0.15) is 50.8 Å². The molecule has 1 heterocycles. The van der Waals surface area contributed by atoms with Crippen molar-refractivity contribution in [3.63, 3.8) is 0 Å². The number of fused-ring (bicyclic) bond motifs is 1. The van der Waals surface area contributed by atoms with E-state index in [-0.39, 0.29) is 17.6 Å². The molecule has 0 saturated carbocycles. The highest BCUT2D eigenvalue weighted by Crippen LogP contribution is 2.39. The number of amides is 1. The molecule has 138 valence electrons. The summed E-state index contributed by atoms with van der Waals surface area (Å²) in [5, 5.41) is 3.19. The second-order valence-corrected chi connectivity index (χ2v) is 7.50. The highest BCUT2D eigenvalue weighted by molar-refractivity contribution is 5.81. The minimum absolute atomic E-state index is 0.0884. The zero-order valence-corrected chi connectivity index (χ0v) is 15.9. The average molecular weight is 353 g/mol. The molecule has 0 radical (unpaired) electrons. The van der Waals surface area contributed by atoms with Gasteiger partial charge in [0.1, 0.15) is 17.1 Å². The molecule has 2 aromatic rings. The maximum Gasteiger partial charge on any atom is 0.261 e. The van der Waals surface area contributed by atoms with Crippen LogP contribution in [0.4, 0.5) is 0 Å². The summed E-state index contributed by atoms with van der Waals surface area (Å²) in [6.07, 6.45) is 0.807. The summed E-state index contributed by atoms with van der Waals surface area (Å²) < 4.78 is 12.0. The monoisotopic (exact) mass is 353 g/mol. The number of hydrogen-bond acceptors (Lipinski definition) is 3. The number of ether oxygens (including phenoxy) is 2. The first-order chi connectivity index (χ1) is 12.4. The molecule has 4 heteroatoms. The van der Waals surface area contributed by atoms with Gasteiger partial charge >= 0.3 is 0 Å². The van der Waals surface area contributed by atoms with E-state index in [0.717, 1.165) is 23.3 Å². The van der Waals surface area contributed by atoms with Crippen LogP contribution in [0.2, 0.25) is 0 Å². The van der Waals surface area contributed by atoms with Crippen LogP contribution in [0.5, 0.6) is 11.5 Å². The van der Waals surface area contributed by atoms with E-state index in [1.165, 1.54) is 0 Å². The molecule has 1 aliphatic heterocycles. The van der Waals surface area contributed by atoms with Gasteiger partial charge in [-0.05, 0) is 45.4 Å². The smallest absolute Gasteiger partial charge is 0.261 e. The van der Waals surface area contributed by atoms with Gasteiger partial charge in [0, 0.05) is 12.0 Å². The van der Waals surface area contributed by atoms with Crippen molar-refractivity contribution in [3.05, 3.63) is 59.7 Å². The molecule has 3 rings (SSSR count). The fourth-order valence-corrected chi connectivity index (χ4v) is 3.35. The average Bonchev–Trinajstić information content (AvgIpc) is 2.60. The van der Waals surface area contributed by atoms with E-state index < -0.39 is 6.10 Å². The van der Waals surface area contributed by atoms with Crippen molar-refractivity contribution in [2.45, 2.75) is 58.3 Å². The molecular formula is C22H27NO3. The van der Waals surface area contributed by atoms with Gasteiger partial charge in [-0.1, -0.05) is 42.8 Å². The van der Waals surface area contributed by atoms with Crippen molar-refractivity contribution < 1.29 is 14.3 Å². The first-order valence-corrected chi connectivity index (χ1v) is 9.19. The number of aryl methyl sites for hydroxylation is 1. The van der Waals surface area contributed by atoms with Crippen LogP contribution in [-0.4, -0.2) is 17.6 Å². The minimum Gasteiger partial charge on any atom is -0.487 e. The lowest BCUT2D eigenvalue weighted by Gasteiger charge is -2.38. The summed E-state index contributed by atoms with van der Waals surface area (Å²) in [7, 11) is 0. The SMILES string of the molecule is CC[C@@H](Oc1ccccc1)C(=O)N[C@@H]1CC(C)(C)Oc2ccc(C)cc21. The van der Waals surface area contributed by atoms with Gasteiger partial charge in [-0.25, -0.2) is 0 Å². The summed E-state index contributed by atoms with van der Waals surface area (Å²) in [4.78, 5) is 12.9. The van der Waals surface area contributed by atoms with E-state index in [1.807, 2.05) is 70.2 Å². The van der Waals surface area contributed by atoms with Crippen LogP contribution < -0.4 is 14.8 Å². The van der Waals surface area contributed by atoms with Gasteiger partial charge in [-0.2, -0.15) is 0 Å². The van der Waals surface area contributed by atoms with Crippen molar-refractivity contribution in [1.29, 1.82) is 0 Å². The first kappa shape index (κ1) is 18.3. The van der Waals surface area contributed by atoms with Gasteiger partial charge in [-0.15, -0.1) is 0 Å². The number of rotatable bonds is 5. The number of benzene rings is 2. The Balaban J connectivity index is 1.78. The van der Waals surface area contributed by atoms with Crippen molar-refractivity contribution in [2.24, 2.45) is 0 Å². The molecular weight excluding hydrogens is 326 g/mol. The first-order valence-electron chi connectivity index (χ1n) is 9.19. The lowest BCUT2D eigenvalue weighted by Crippen LogP contribution is -2.45. The Bertz CT molecular complexity index is 770. The minimum atomic E-state index is -0.517. The number of hydrogen-bond donors (Lipinski definition) is 1.